The average Bonchev–Trinajstić information content (AvgIpc) is 2.52. The van der Waals surface area contributed by atoms with Crippen molar-refractivity contribution in [2.45, 2.75) is 13.0 Å². The topological polar surface area (TPSA) is 72.6 Å². The fraction of sp³-hybridized carbons (Fsp3) is 0.250. The quantitative estimate of drug-likeness (QED) is 0.847. The number of hydrogen-bond donors (Lipinski definition) is 1. The van der Waals surface area contributed by atoms with Gasteiger partial charge >= 0.3 is 0 Å². The molecule has 0 aliphatic rings. The molecule has 0 fully saturated rings. The molecule has 0 heterocycles. The van der Waals surface area contributed by atoms with Crippen molar-refractivity contribution in [3.05, 3.63) is 65.7 Å². The highest BCUT2D eigenvalue weighted by molar-refractivity contribution is 7.86. The summed E-state index contributed by atoms with van der Waals surface area (Å²) in [5, 5.41) is 5.32. The highest BCUT2D eigenvalue weighted by atomic mass is 32.2. The van der Waals surface area contributed by atoms with Crippen molar-refractivity contribution in [3.8, 4) is 5.75 Å². The number of methoxy groups -OCH3 is 1. The van der Waals surface area contributed by atoms with Crippen LogP contribution in [0.5, 0.6) is 5.75 Å². The third-order valence-corrected chi connectivity index (χ3v) is 4.40. The molecule has 118 valence electrons. The van der Waals surface area contributed by atoms with Crippen LogP contribution >= 0.6 is 0 Å². The van der Waals surface area contributed by atoms with Gasteiger partial charge in [-0.15, -0.1) is 0 Å². The largest absolute Gasteiger partial charge is 0.497 e. The third-order valence-electron chi connectivity index (χ3n) is 3.37. The predicted molar refractivity (Wildman–Crippen MR) is 86.7 cm³/mol. The molecule has 2 rings (SSSR count). The maximum absolute atomic E-state index is 11.7. The van der Waals surface area contributed by atoms with E-state index in [1.807, 2.05) is 54.6 Å². The van der Waals surface area contributed by atoms with Crippen molar-refractivity contribution < 1.29 is 13.2 Å². The summed E-state index contributed by atoms with van der Waals surface area (Å²) in [6.45, 7) is 0.607. The Morgan fingerprint density at radius 2 is 1.64 bits per heavy atom. The third kappa shape index (κ3) is 4.84. The summed E-state index contributed by atoms with van der Waals surface area (Å²) < 4.78 is 29.9. The molecular weight excluding hydrogens is 300 g/mol. The summed E-state index contributed by atoms with van der Waals surface area (Å²) >= 11 is 0. The molecule has 2 aromatic rings. The van der Waals surface area contributed by atoms with Crippen molar-refractivity contribution in [1.82, 2.24) is 4.31 Å². The van der Waals surface area contributed by atoms with E-state index in [9.17, 15) is 8.42 Å². The van der Waals surface area contributed by atoms with Gasteiger partial charge in [-0.25, -0.2) is 5.14 Å². The lowest BCUT2D eigenvalue weighted by atomic mass is 10.1. The van der Waals surface area contributed by atoms with Gasteiger partial charge in [-0.2, -0.15) is 12.7 Å². The van der Waals surface area contributed by atoms with Crippen molar-refractivity contribution in [2.24, 2.45) is 5.14 Å². The fourth-order valence-corrected chi connectivity index (χ4v) is 2.80. The van der Waals surface area contributed by atoms with Gasteiger partial charge in [0.05, 0.1) is 7.11 Å². The first-order valence-corrected chi connectivity index (χ1v) is 8.44. The van der Waals surface area contributed by atoms with Crippen LogP contribution in [0, 0.1) is 0 Å². The molecule has 2 aromatic carbocycles. The maximum atomic E-state index is 11.7. The van der Waals surface area contributed by atoms with Crippen LogP contribution in [0.25, 0.3) is 0 Å². The minimum absolute atomic E-state index is 0.274. The summed E-state index contributed by atoms with van der Waals surface area (Å²) in [5.41, 5.74) is 1.94. The maximum Gasteiger partial charge on any atom is 0.277 e. The molecule has 0 radical (unpaired) electrons. The first-order valence-electron chi connectivity index (χ1n) is 6.94. The first kappa shape index (κ1) is 16.5. The molecule has 0 atom stereocenters. The minimum Gasteiger partial charge on any atom is -0.497 e. The Morgan fingerprint density at radius 1 is 1.00 bits per heavy atom. The molecule has 22 heavy (non-hydrogen) atoms. The summed E-state index contributed by atoms with van der Waals surface area (Å²) in [6.07, 6.45) is 0.591. The zero-order valence-corrected chi connectivity index (χ0v) is 13.3. The van der Waals surface area contributed by atoms with E-state index in [-0.39, 0.29) is 6.54 Å². The molecule has 2 N–H and O–H groups in total. The van der Waals surface area contributed by atoms with Crippen molar-refractivity contribution >= 4 is 10.2 Å². The van der Waals surface area contributed by atoms with Gasteiger partial charge in [0.25, 0.3) is 10.2 Å². The van der Waals surface area contributed by atoms with Crippen LogP contribution in [0.2, 0.25) is 0 Å². The van der Waals surface area contributed by atoms with Gasteiger partial charge in [-0.1, -0.05) is 42.5 Å². The Bertz CT molecular complexity index is 685. The van der Waals surface area contributed by atoms with E-state index < -0.39 is 10.2 Å². The van der Waals surface area contributed by atoms with E-state index >= 15 is 0 Å². The van der Waals surface area contributed by atoms with E-state index in [2.05, 4.69) is 0 Å². The highest BCUT2D eigenvalue weighted by Crippen LogP contribution is 2.13. The zero-order valence-electron chi connectivity index (χ0n) is 12.5. The van der Waals surface area contributed by atoms with E-state index in [0.717, 1.165) is 16.9 Å². The normalized spacial score (nSPS) is 11.6. The lowest BCUT2D eigenvalue weighted by molar-refractivity contribution is 0.408. The van der Waals surface area contributed by atoms with Crippen LogP contribution in [-0.4, -0.2) is 26.4 Å². The van der Waals surface area contributed by atoms with Crippen molar-refractivity contribution in [2.75, 3.05) is 13.7 Å². The van der Waals surface area contributed by atoms with Gasteiger partial charge in [-0.05, 0) is 29.7 Å². The van der Waals surface area contributed by atoms with E-state index in [1.165, 1.54) is 4.31 Å². The van der Waals surface area contributed by atoms with E-state index in [4.69, 9.17) is 9.88 Å². The molecule has 5 nitrogen and oxygen atoms in total. The molecular formula is C16H20N2O3S. The number of benzene rings is 2. The summed E-state index contributed by atoms with van der Waals surface area (Å²) in [6, 6.07) is 17.0. The number of ether oxygens (including phenoxy) is 1. The van der Waals surface area contributed by atoms with Gasteiger partial charge in [0.2, 0.25) is 0 Å². The second-order valence-electron chi connectivity index (χ2n) is 4.96. The fourth-order valence-electron chi connectivity index (χ4n) is 2.13. The molecule has 0 aliphatic heterocycles. The van der Waals surface area contributed by atoms with Gasteiger partial charge in [0, 0.05) is 13.1 Å². The van der Waals surface area contributed by atoms with Crippen LogP contribution in [0.3, 0.4) is 0 Å². The van der Waals surface area contributed by atoms with E-state index in [0.29, 0.717) is 13.0 Å². The Hall–Kier alpha value is -1.89. The average molecular weight is 320 g/mol. The number of nitrogens with two attached hydrogens (primary N) is 1. The minimum atomic E-state index is -3.74. The smallest absolute Gasteiger partial charge is 0.277 e. The van der Waals surface area contributed by atoms with Crippen LogP contribution in [0.4, 0.5) is 0 Å². The van der Waals surface area contributed by atoms with Crippen LogP contribution < -0.4 is 9.88 Å². The lowest BCUT2D eigenvalue weighted by Gasteiger charge is -2.19. The molecule has 0 unspecified atom stereocenters. The monoisotopic (exact) mass is 320 g/mol. The summed E-state index contributed by atoms with van der Waals surface area (Å²) in [4.78, 5) is 0. The molecule has 0 spiro atoms. The molecule has 0 amide bonds. The van der Waals surface area contributed by atoms with Gasteiger partial charge < -0.3 is 4.74 Å². The highest BCUT2D eigenvalue weighted by Gasteiger charge is 2.17. The second-order valence-corrected chi connectivity index (χ2v) is 6.51. The van der Waals surface area contributed by atoms with Crippen LogP contribution in [0.1, 0.15) is 11.1 Å². The lowest BCUT2D eigenvalue weighted by Crippen LogP contribution is -2.37. The Balaban J connectivity index is 2.04. The molecule has 6 heteroatoms. The standard InChI is InChI=1S/C16H20N2O3S/c1-21-16-9-7-14(8-10-16)11-12-18(22(17,19)20)13-15-5-3-2-4-6-15/h2-10H,11-13H2,1H3,(H2,17,19,20). The summed E-state index contributed by atoms with van der Waals surface area (Å²) in [5.74, 6) is 0.774. The summed E-state index contributed by atoms with van der Waals surface area (Å²) in [7, 11) is -2.13. The van der Waals surface area contributed by atoms with Crippen LogP contribution in [-0.2, 0) is 23.2 Å². The molecule has 0 saturated carbocycles. The molecule has 0 aliphatic carbocycles. The number of rotatable bonds is 7. The van der Waals surface area contributed by atoms with Crippen molar-refractivity contribution in [3.63, 3.8) is 0 Å². The number of nitrogens with zero attached hydrogens (tertiary/aromatic N) is 1. The van der Waals surface area contributed by atoms with Gasteiger partial charge in [-0.3, -0.25) is 0 Å². The molecule has 0 saturated heterocycles. The molecule has 0 aromatic heterocycles. The van der Waals surface area contributed by atoms with Crippen molar-refractivity contribution in [1.29, 1.82) is 0 Å². The second kappa shape index (κ2) is 7.40. The van der Waals surface area contributed by atoms with Gasteiger partial charge in [0.1, 0.15) is 5.75 Å². The SMILES string of the molecule is COc1ccc(CCN(Cc2ccccc2)S(N)(=O)=O)cc1. The Labute approximate surface area is 131 Å². The Morgan fingerprint density at radius 3 is 2.18 bits per heavy atom. The molecule has 0 bridgehead atoms. The zero-order chi connectivity index (χ0) is 16.0. The Kier molecular flexibility index (Phi) is 5.54. The first-order chi connectivity index (χ1) is 10.5. The van der Waals surface area contributed by atoms with E-state index in [1.54, 1.807) is 7.11 Å². The van der Waals surface area contributed by atoms with Gasteiger partial charge in [0.15, 0.2) is 0 Å². The number of hydrogen-bond acceptors (Lipinski definition) is 3. The van der Waals surface area contributed by atoms with Crippen LogP contribution in [0.15, 0.2) is 54.6 Å². The predicted octanol–water partition coefficient (Wildman–Crippen LogP) is 1.94.